The Morgan fingerprint density at radius 2 is 1.64 bits per heavy atom. The van der Waals surface area contributed by atoms with Gasteiger partial charge in [0.05, 0.1) is 4.90 Å². The first kappa shape index (κ1) is 18.3. The van der Waals surface area contributed by atoms with Crippen molar-refractivity contribution < 1.29 is 8.42 Å². The van der Waals surface area contributed by atoms with E-state index in [1.165, 1.54) is 3.97 Å². The highest BCUT2D eigenvalue weighted by molar-refractivity contribution is 9.10. The minimum atomic E-state index is -3.63. The van der Waals surface area contributed by atoms with Gasteiger partial charge in [0.15, 0.2) is 0 Å². The molecule has 2 aromatic carbocycles. The molecule has 1 heterocycles. The van der Waals surface area contributed by atoms with Crippen molar-refractivity contribution in [3.05, 3.63) is 70.5 Å². The molecule has 0 amide bonds. The van der Waals surface area contributed by atoms with Gasteiger partial charge >= 0.3 is 0 Å². The fraction of sp³-hybridized carbons (Fsp3) is 0.158. The van der Waals surface area contributed by atoms with Crippen LogP contribution in [0.15, 0.2) is 69.0 Å². The topological polar surface area (TPSA) is 39.1 Å². The van der Waals surface area contributed by atoms with Crippen LogP contribution in [-0.4, -0.2) is 18.6 Å². The van der Waals surface area contributed by atoms with Gasteiger partial charge in [-0.15, -0.1) is 11.8 Å². The lowest BCUT2D eigenvalue weighted by molar-refractivity contribution is 0.585. The van der Waals surface area contributed by atoms with Crippen LogP contribution < -0.4 is 0 Å². The lowest BCUT2D eigenvalue weighted by atomic mass is 10.1. The largest absolute Gasteiger partial charge is 0.268 e. The molecule has 3 rings (SSSR count). The molecular formula is C19H18BrNO2S2. The van der Waals surface area contributed by atoms with Gasteiger partial charge in [-0.3, -0.25) is 0 Å². The van der Waals surface area contributed by atoms with Crippen molar-refractivity contribution in [3.63, 3.8) is 0 Å². The second kappa shape index (κ2) is 7.02. The molecule has 0 fully saturated rings. The van der Waals surface area contributed by atoms with E-state index in [9.17, 15) is 8.42 Å². The molecule has 0 atom stereocenters. The molecule has 130 valence electrons. The number of halogens is 1. The predicted octanol–water partition coefficient (Wildman–Crippen LogP) is 5.49. The van der Waals surface area contributed by atoms with Crippen molar-refractivity contribution >= 4 is 37.7 Å². The molecule has 0 radical (unpaired) electrons. The molecule has 6 heteroatoms. The standard InChI is InChI=1S/C19H18BrNO2S2/c1-13-6-4-5-7-18(13)25(22,23)21-12-17(19(24-3)14(21)2)15-8-10-16(20)11-9-15/h4-12H,1-3H3. The number of aromatic nitrogens is 1. The molecule has 3 nitrogen and oxygen atoms in total. The monoisotopic (exact) mass is 435 g/mol. The van der Waals surface area contributed by atoms with Crippen molar-refractivity contribution in [2.45, 2.75) is 23.6 Å². The Labute approximate surface area is 161 Å². The van der Waals surface area contributed by atoms with Crippen LogP contribution in [0.5, 0.6) is 0 Å². The maximum absolute atomic E-state index is 13.2. The summed E-state index contributed by atoms with van der Waals surface area (Å²) in [7, 11) is -3.63. The fourth-order valence-electron chi connectivity index (χ4n) is 2.86. The number of nitrogens with zero attached hydrogens (tertiary/aromatic N) is 1. The van der Waals surface area contributed by atoms with Gasteiger partial charge in [0.1, 0.15) is 0 Å². The zero-order valence-electron chi connectivity index (χ0n) is 14.2. The maximum Gasteiger partial charge on any atom is 0.268 e. The summed E-state index contributed by atoms with van der Waals surface area (Å²) in [5.74, 6) is 0. The highest BCUT2D eigenvalue weighted by atomic mass is 79.9. The molecule has 0 saturated heterocycles. The minimum Gasteiger partial charge on any atom is -0.244 e. The second-order valence-corrected chi connectivity index (χ2v) is 9.25. The Kier molecular flexibility index (Phi) is 5.14. The summed E-state index contributed by atoms with van der Waals surface area (Å²) in [5, 5.41) is 0. The predicted molar refractivity (Wildman–Crippen MR) is 108 cm³/mol. The van der Waals surface area contributed by atoms with Crippen LogP contribution in [0.3, 0.4) is 0 Å². The third kappa shape index (κ3) is 3.30. The number of aryl methyl sites for hydroxylation is 1. The quantitative estimate of drug-likeness (QED) is 0.508. The van der Waals surface area contributed by atoms with Gasteiger partial charge in [-0.1, -0.05) is 46.3 Å². The van der Waals surface area contributed by atoms with Gasteiger partial charge in [-0.2, -0.15) is 0 Å². The van der Waals surface area contributed by atoms with E-state index >= 15 is 0 Å². The smallest absolute Gasteiger partial charge is 0.244 e. The zero-order chi connectivity index (χ0) is 18.2. The molecule has 0 saturated carbocycles. The van der Waals surface area contributed by atoms with E-state index in [-0.39, 0.29) is 0 Å². The van der Waals surface area contributed by atoms with Crippen molar-refractivity contribution in [1.29, 1.82) is 0 Å². The molecule has 0 aliphatic heterocycles. The van der Waals surface area contributed by atoms with Crippen molar-refractivity contribution in [2.75, 3.05) is 6.26 Å². The molecule has 0 N–H and O–H groups in total. The first-order chi connectivity index (χ1) is 11.9. The number of benzene rings is 2. The third-order valence-electron chi connectivity index (χ3n) is 4.14. The number of rotatable bonds is 4. The summed E-state index contributed by atoms with van der Waals surface area (Å²) >= 11 is 5.00. The summed E-state index contributed by atoms with van der Waals surface area (Å²) in [5.41, 5.74) is 3.39. The SMILES string of the molecule is CSc1c(-c2ccc(Br)cc2)cn(S(=O)(=O)c2ccccc2C)c1C. The fourth-order valence-corrected chi connectivity index (χ4v) is 5.60. The molecule has 25 heavy (non-hydrogen) atoms. The van der Waals surface area contributed by atoms with Gasteiger partial charge in [0, 0.05) is 26.8 Å². The average molecular weight is 436 g/mol. The van der Waals surface area contributed by atoms with Crippen molar-refractivity contribution in [1.82, 2.24) is 3.97 Å². The van der Waals surface area contributed by atoms with E-state index in [0.29, 0.717) is 4.90 Å². The van der Waals surface area contributed by atoms with E-state index in [1.807, 2.05) is 56.5 Å². The summed E-state index contributed by atoms with van der Waals surface area (Å²) in [6, 6.07) is 15.0. The van der Waals surface area contributed by atoms with Crippen LogP contribution in [0, 0.1) is 13.8 Å². The Balaban J connectivity index is 2.22. The van der Waals surface area contributed by atoms with E-state index in [2.05, 4.69) is 15.9 Å². The summed E-state index contributed by atoms with van der Waals surface area (Å²) in [4.78, 5) is 1.31. The molecule has 0 spiro atoms. The summed E-state index contributed by atoms with van der Waals surface area (Å²) in [6.45, 7) is 3.67. The molecular weight excluding hydrogens is 418 g/mol. The highest BCUT2D eigenvalue weighted by Crippen LogP contribution is 2.37. The van der Waals surface area contributed by atoms with Gasteiger partial charge in [0.2, 0.25) is 0 Å². The summed E-state index contributed by atoms with van der Waals surface area (Å²) in [6.07, 6.45) is 3.70. The summed E-state index contributed by atoms with van der Waals surface area (Å²) < 4.78 is 28.8. The highest BCUT2D eigenvalue weighted by Gasteiger charge is 2.24. The van der Waals surface area contributed by atoms with Crippen LogP contribution in [0.1, 0.15) is 11.3 Å². The Hall–Kier alpha value is -1.50. The van der Waals surface area contributed by atoms with Crippen LogP contribution in [-0.2, 0) is 10.0 Å². The molecule has 0 bridgehead atoms. The van der Waals surface area contributed by atoms with Gasteiger partial charge in [0.25, 0.3) is 10.0 Å². The first-order valence-electron chi connectivity index (χ1n) is 7.69. The van der Waals surface area contributed by atoms with Gasteiger partial charge in [-0.05, 0) is 49.4 Å². The van der Waals surface area contributed by atoms with Crippen LogP contribution in [0.25, 0.3) is 11.1 Å². The molecule has 1 aromatic heterocycles. The van der Waals surface area contributed by atoms with E-state index in [0.717, 1.165) is 31.8 Å². The first-order valence-corrected chi connectivity index (χ1v) is 11.1. The van der Waals surface area contributed by atoms with Gasteiger partial charge < -0.3 is 0 Å². The number of hydrogen-bond donors (Lipinski definition) is 0. The normalized spacial score (nSPS) is 11.7. The Morgan fingerprint density at radius 3 is 2.24 bits per heavy atom. The molecule has 0 unspecified atom stereocenters. The van der Waals surface area contributed by atoms with Gasteiger partial charge in [-0.25, -0.2) is 12.4 Å². The van der Waals surface area contributed by atoms with Crippen LogP contribution in [0.2, 0.25) is 0 Å². The molecule has 0 aliphatic carbocycles. The van der Waals surface area contributed by atoms with Crippen LogP contribution >= 0.6 is 27.7 Å². The average Bonchev–Trinajstić information content (AvgIpc) is 2.93. The molecule has 3 aromatic rings. The van der Waals surface area contributed by atoms with Crippen molar-refractivity contribution in [3.8, 4) is 11.1 Å². The lowest BCUT2D eigenvalue weighted by Gasteiger charge is -2.10. The third-order valence-corrected chi connectivity index (χ3v) is 7.50. The van der Waals surface area contributed by atoms with E-state index in [1.54, 1.807) is 30.1 Å². The molecule has 0 aliphatic rings. The van der Waals surface area contributed by atoms with Crippen molar-refractivity contribution in [2.24, 2.45) is 0 Å². The maximum atomic E-state index is 13.2. The minimum absolute atomic E-state index is 0.336. The zero-order valence-corrected chi connectivity index (χ0v) is 17.4. The van der Waals surface area contributed by atoms with E-state index < -0.39 is 10.0 Å². The van der Waals surface area contributed by atoms with Crippen LogP contribution in [0.4, 0.5) is 0 Å². The number of hydrogen-bond acceptors (Lipinski definition) is 3. The number of thioether (sulfide) groups is 1. The van der Waals surface area contributed by atoms with E-state index in [4.69, 9.17) is 0 Å². The lowest BCUT2D eigenvalue weighted by Crippen LogP contribution is -2.14. The second-order valence-electron chi connectivity index (χ2n) is 5.73. The Bertz CT molecular complexity index is 1020. The Morgan fingerprint density at radius 1 is 1.00 bits per heavy atom.